The Morgan fingerprint density at radius 2 is 1.84 bits per heavy atom. The summed E-state index contributed by atoms with van der Waals surface area (Å²) in [6, 6.07) is 14.2. The lowest BCUT2D eigenvalue weighted by Gasteiger charge is -2.12. The number of nitrogens with zero attached hydrogens (tertiary/aromatic N) is 1. The zero-order chi connectivity index (χ0) is 22.5. The largest absolute Gasteiger partial charge is 0.493 e. The molecule has 0 heterocycles. The summed E-state index contributed by atoms with van der Waals surface area (Å²) >= 11 is 0. The molecule has 2 N–H and O–H groups in total. The number of hydrogen-bond acceptors (Lipinski definition) is 6. The van der Waals surface area contributed by atoms with Gasteiger partial charge in [0.25, 0.3) is 5.91 Å². The van der Waals surface area contributed by atoms with Crippen LogP contribution < -0.4 is 24.8 Å². The van der Waals surface area contributed by atoms with E-state index in [0.717, 1.165) is 11.1 Å². The van der Waals surface area contributed by atoms with Crippen molar-refractivity contribution in [1.29, 1.82) is 5.26 Å². The van der Waals surface area contributed by atoms with Crippen molar-refractivity contribution >= 4 is 17.9 Å². The Bertz CT molecular complexity index is 949. The van der Waals surface area contributed by atoms with Crippen LogP contribution in [0.2, 0.25) is 0 Å². The van der Waals surface area contributed by atoms with Gasteiger partial charge in [-0.05, 0) is 48.4 Å². The van der Waals surface area contributed by atoms with Gasteiger partial charge in [-0.2, -0.15) is 5.26 Å². The van der Waals surface area contributed by atoms with E-state index < -0.39 is 0 Å². The monoisotopic (exact) mass is 423 g/mol. The highest BCUT2D eigenvalue weighted by atomic mass is 16.5. The molecule has 0 radical (unpaired) electrons. The Balaban J connectivity index is 1.87. The average molecular weight is 423 g/mol. The molecular weight excluding hydrogens is 398 g/mol. The van der Waals surface area contributed by atoms with Gasteiger partial charge < -0.3 is 24.8 Å². The molecular formula is C23H25N3O5. The molecule has 0 unspecified atom stereocenters. The maximum atomic E-state index is 12.1. The van der Waals surface area contributed by atoms with Crippen LogP contribution in [-0.4, -0.2) is 38.7 Å². The molecule has 2 aromatic carbocycles. The van der Waals surface area contributed by atoms with Gasteiger partial charge in [-0.15, -0.1) is 0 Å². The van der Waals surface area contributed by atoms with Crippen molar-refractivity contribution < 1.29 is 23.8 Å². The summed E-state index contributed by atoms with van der Waals surface area (Å²) in [5.74, 6) is 1.06. The number of benzene rings is 2. The van der Waals surface area contributed by atoms with Gasteiger partial charge in [0.05, 0.1) is 7.11 Å². The molecule has 8 heteroatoms. The highest BCUT2D eigenvalue weighted by Crippen LogP contribution is 2.28. The molecule has 31 heavy (non-hydrogen) atoms. The molecule has 2 amide bonds. The zero-order valence-corrected chi connectivity index (χ0v) is 17.5. The number of amides is 2. The second-order valence-electron chi connectivity index (χ2n) is 6.29. The van der Waals surface area contributed by atoms with E-state index in [9.17, 15) is 9.59 Å². The summed E-state index contributed by atoms with van der Waals surface area (Å²) in [5, 5.41) is 14.0. The van der Waals surface area contributed by atoms with Crippen LogP contribution in [0.5, 0.6) is 17.2 Å². The van der Waals surface area contributed by atoms with Crippen LogP contribution >= 0.6 is 0 Å². The highest BCUT2D eigenvalue weighted by molar-refractivity contribution is 5.91. The van der Waals surface area contributed by atoms with Crippen LogP contribution in [0.15, 0.2) is 48.5 Å². The van der Waals surface area contributed by atoms with Crippen LogP contribution in [0.3, 0.4) is 0 Å². The van der Waals surface area contributed by atoms with E-state index in [1.807, 2.05) is 13.0 Å². The van der Waals surface area contributed by atoms with Gasteiger partial charge in [0.2, 0.25) is 5.91 Å². The van der Waals surface area contributed by atoms with Crippen LogP contribution in [0.4, 0.5) is 0 Å². The first-order valence-electron chi connectivity index (χ1n) is 9.67. The molecule has 8 nitrogen and oxygen atoms in total. The summed E-state index contributed by atoms with van der Waals surface area (Å²) in [7, 11) is 1.51. The smallest absolute Gasteiger partial charge is 0.257 e. The first-order chi connectivity index (χ1) is 15.0. The minimum atomic E-state index is -0.250. The minimum Gasteiger partial charge on any atom is -0.493 e. The van der Waals surface area contributed by atoms with Crippen molar-refractivity contribution in [2.75, 3.05) is 26.9 Å². The summed E-state index contributed by atoms with van der Waals surface area (Å²) in [6.07, 6.45) is 3.12. The standard InChI is InChI=1S/C23H25N3O5/c1-3-25-23(28)16-31-20-10-6-18(14-21(20)29-2)15-26-22(27)11-7-17-4-8-19(9-5-17)30-13-12-24/h4-11,14H,3,13,15-16H2,1-2H3,(H,25,28)(H,26,27). The van der Waals surface area contributed by atoms with Crippen molar-refractivity contribution in [3.05, 3.63) is 59.7 Å². The van der Waals surface area contributed by atoms with Gasteiger partial charge in [0.15, 0.2) is 24.7 Å². The fraction of sp³-hybridized carbons (Fsp3) is 0.261. The number of nitriles is 1. The third kappa shape index (κ3) is 8.11. The van der Waals surface area contributed by atoms with Gasteiger partial charge in [0.1, 0.15) is 11.8 Å². The lowest BCUT2D eigenvalue weighted by molar-refractivity contribution is -0.123. The number of methoxy groups -OCH3 is 1. The quantitative estimate of drug-likeness (QED) is 0.537. The molecule has 0 atom stereocenters. The third-order valence-electron chi connectivity index (χ3n) is 4.04. The SMILES string of the molecule is CCNC(=O)COc1ccc(CNC(=O)C=Cc2ccc(OCC#N)cc2)cc1OC. The van der Waals surface area contributed by atoms with E-state index in [1.54, 1.807) is 48.5 Å². The molecule has 162 valence electrons. The maximum absolute atomic E-state index is 12.1. The van der Waals surface area contributed by atoms with Crippen molar-refractivity contribution in [1.82, 2.24) is 10.6 Å². The summed E-state index contributed by atoms with van der Waals surface area (Å²) in [4.78, 5) is 23.6. The number of carbonyl (C=O) groups excluding carboxylic acids is 2. The number of ether oxygens (including phenoxy) is 3. The van der Waals surface area contributed by atoms with Crippen LogP contribution in [0.1, 0.15) is 18.1 Å². The summed E-state index contributed by atoms with van der Waals surface area (Å²) in [6.45, 7) is 2.56. The van der Waals surface area contributed by atoms with Crippen LogP contribution in [0, 0.1) is 11.3 Å². The van der Waals surface area contributed by atoms with Gasteiger partial charge >= 0.3 is 0 Å². The molecule has 0 saturated heterocycles. The first kappa shape index (κ1) is 23.3. The first-order valence-corrected chi connectivity index (χ1v) is 9.67. The van der Waals surface area contributed by atoms with Gasteiger partial charge in [-0.1, -0.05) is 18.2 Å². The van der Waals surface area contributed by atoms with E-state index in [1.165, 1.54) is 13.2 Å². The van der Waals surface area contributed by atoms with E-state index >= 15 is 0 Å². The molecule has 0 spiro atoms. The Labute approximate surface area is 181 Å². The van der Waals surface area contributed by atoms with E-state index in [4.69, 9.17) is 19.5 Å². The van der Waals surface area contributed by atoms with Gasteiger partial charge in [-0.3, -0.25) is 9.59 Å². The van der Waals surface area contributed by atoms with Crippen LogP contribution in [0.25, 0.3) is 6.08 Å². The van der Waals surface area contributed by atoms with Crippen molar-refractivity contribution in [2.45, 2.75) is 13.5 Å². The predicted molar refractivity (Wildman–Crippen MR) is 116 cm³/mol. The summed E-state index contributed by atoms with van der Waals surface area (Å²) < 4.78 is 16.0. The molecule has 0 bridgehead atoms. The Hall–Kier alpha value is -3.99. The Morgan fingerprint density at radius 1 is 1.06 bits per heavy atom. The molecule has 2 rings (SSSR count). The number of rotatable bonds is 11. The van der Waals surface area contributed by atoms with E-state index in [2.05, 4.69) is 10.6 Å². The second kappa shape index (κ2) is 12.5. The number of hydrogen-bond donors (Lipinski definition) is 2. The van der Waals surface area contributed by atoms with Crippen molar-refractivity contribution in [2.24, 2.45) is 0 Å². The van der Waals surface area contributed by atoms with Gasteiger partial charge in [0, 0.05) is 19.2 Å². The normalized spacial score (nSPS) is 10.2. The fourth-order valence-corrected chi connectivity index (χ4v) is 2.54. The molecule has 0 aliphatic heterocycles. The second-order valence-corrected chi connectivity index (χ2v) is 6.29. The third-order valence-corrected chi connectivity index (χ3v) is 4.04. The molecule has 0 aliphatic carbocycles. The van der Waals surface area contributed by atoms with Crippen LogP contribution in [-0.2, 0) is 16.1 Å². The zero-order valence-electron chi connectivity index (χ0n) is 17.5. The van der Waals surface area contributed by atoms with Crippen molar-refractivity contribution in [3.8, 4) is 23.3 Å². The predicted octanol–water partition coefficient (Wildman–Crippen LogP) is 2.44. The highest BCUT2D eigenvalue weighted by Gasteiger charge is 2.09. The molecule has 0 saturated carbocycles. The number of nitrogens with one attached hydrogen (secondary N) is 2. The lowest BCUT2D eigenvalue weighted by Crippen LogP contribution is -2.28. The molecule has 0 fully saturated rings. The lowest BCUT2D eigenvalue weighted by atomic mass is 10.2. The van der Waals surface area contributed by atoms with Gasteiger partial charge in [-0.25, -0.2) is 0 Å². The Morgan fingerprint density at radius 3 is 2.52 bits per heavy atom. The molecule has 0 aliphatic rings. The van der Waals surface area contributed by atoms with E-state index in [0.29, 0.717) is 30.3 Å². The van der Waals surface area contributed by atoms with Crippen molar-refractivity contribution in [3.63, 3.8) is 0 Å². The van der Waals surface area contributed by atoms with E-state index in [-0.39, 0.29) is 25.0 Å². The fourth-order valence-electron chi connectivity index (χ4n) is 2.54. The molecule has 0 aromatic heterocycles. The molecule has 2 aromatic rings. The Kier molecular flexibility index (Phi) is 9.43. The maximum Gasteiger partial charge on any atom is 0.257 e. The number of carbonyl (C=O) groups is 2. The average Bonchev–Trinajstić information content (AvgIpc) is 2.79. The minimum absolute atomic E-state index is 0.0102. The number of likely N-dealkylation sites (N-methyl/N-ethyl adjacent to an activating group) is 1. The summed E-state index contributed by atoms with van der Waals surface area (Å²) in [5.41, 5.74) is 1.65. The topological polar surface area (TPSA) is 110 Å².